The average molecular weight is 315 g/mol. The molecule has 1 amide bonds. The number of carbonyl (C=O) groups is 1. The number of benzene rings is 1. The maximum absolute atomic E-state index is 12.0. The minimum absolute atomic E-state index is 0.107. The third-order valence-corrected chi connectivity index (χ3v) is 4.91. The van der Waals surface area contributed by atoms with Gasteiger partial charge < -0.3 is 5.32 Å². The predicted octanol–water partition coefficient (Wildman–Crippen LogP) is 3.33. The molecule has 0 atom stereocenters. The number of nitrogens with one attached hydrogen (secondary N) is 1. The molecule has 2 aromatic rings. The molecule has 1 aliphatic carbocycles. The number of nitrogens with zero attached hydrogens (tertiary/aromatic N) is 2. The van der Waals surface area contributed by atoms with Crippen LogP contribution < -0.4 is 5.32 Å². The number of hydrogen-bond acceptors (Lipinski definition) is 3. The summed E-state index contributed by atoms with van der Waals surface area (Å²) in [6, 6.07) is 8.65. The highest BCUT2D eigenvalue weighted by atomic mass is 32.2. The molecule has 1 N–H and O–H groups in total. The molecule has 0 spiro atoms. The standard InChI is InChI=1S/C17H21N3OS/c1-13-5-4-8-15(11-13)20-10-9-18-17(20)22-12-16(21)19-14-6-2-3-7-14/h4-5,8-11,14H,2-3,6-7,12H2,1H3,(H,19,21). The SMILES string of the molecule is Cc1cccc(-n2ccnc2SCC(=O)NC2CCCC2)c1. The Labute approximate surface area is 135 Å². The molecule has 4 nitrogen and oxygen atoms in total. The smallest absolute Gasteiger partial charge is 0.230 e. The maximum atomic E-state index is 12.0. The number of rotatable bonds is 5. The van der Waals surface area contributed by atoms with Gasteiger partial charge in [0.15, 0.2) is 5.16 Å². The van der Waals surface area contributed by atoms with Gasteiger partial charge in [0.1, 0.15) is 0 Å². The second-order valence-corrected chi connectivity index (χ2v) is 6.70. The van der Waals surface area contributed by atoms with Gasteiger partial charge in [0, 0.05) is 24.1 Å². The van der Waals surface area contributed by atoms with E-state index in [2.05, 4.69) is 35.4 Å². The molecular weight excluding hydrogens is 294 g/mol. The second kappa shape index (κ2) is 7.01. The van der Waals surface area contributed by atoms with Crippen LogP contribution in [0.3, 0.4) is 0 Å². The van der Waals surface area contributed by atoms with Crippen molar-refractivity contribution in [1.82, 2.24) is 14.9 Å². The Balaban J connectivity index is 1.61. The van der Waals surface area contributed by atoms with Gasteiger partial charge in [0.2, 0.25) is 5.91 Å². The summed E-state index contributed by atoms with van der Waals surface area (Å²) in [4.78, 5) is 16.4. The highest BCUT2D eigenvalue weighted by molar-refractivity contribution is 7.99. The van der Waals surface area contributed by atoms with Crippen molar-refractivity contribution in [2.24, 2.45) is 0 Å². The lowest BCUT2D eigenvalue weighted by Crippen LogP contribution is -2.33. The van der Waals surface area contributed by atoms with E-state index in [0.717, 1.165) is 23.7 Å². The number of aromatic nitrogens is 2. The van der Waals surface area contributed by atoms with E-state index in [4.69, 9.17) is 0 Å². The van der Waals surface area contributed by atoms with Gasteiger partial charge in [-0.15, -0.1) is 0 Å². The van der Waals surface area contributed by atoms with E-state index in [1.807, 2.05) is 16.8 Å². The van der Waals surface area contributed by atoms with Crippen LogP contribution in [-0.4, -0.2) is 27.3 Å². The number of carbonyl (C=O) groups excluding carboxylic acids is 1. The number of amides is 1. The van der Waals surface area contributed by atoms with Gasteiger partial charge in [-0.2, -0.15) is 0 Å². The lowest BCUT2D eigenvalue weighted by molar-refractivity contribution is -0.119. The molecule has 0 aliphatic heterocycles. The first kappa shape index (κ1) is 15.2. The summed E-state index contributed by atoms with van der Waals surface area (Å²) < 4.78 is 2.03. The third kappa shape index (κ3) is 3.71. The summed E-state index contributed by atoms with van der Waals surface area (Å²) in [5, 5.41) is 3.97. The summed E-state index contributed by atoms with van der Waals surface area (Å²) in [6.07, 6.45) is 8.42. The number of hydrogen-bond donors (Lipinski definition) is 1. The molecule has 0 unspecified atom stereocenters. The first-order valence-electron chi connectivity index (χ1n) is 7.75. The zero-order chi connectivity index (χ0) is 15.4. The van der Waals surface area contributed by atoms with Crippen molar-refractivity contribution >= 4 is 17.7 Å². The molecule has 1 aromatic carbocycles. The average Bonchev–Trinajstić information content (AvgIpc) is 3.16. The Morgan fingerprint density at radius 1 is 1.41 bits per heavy atom. The first-order valence-corrected chi connectivity index (χ1v) is 8.73. The summed E-state index contributed by atoms with van der Waals surface area (Å²) in [5.41, 5.74) is 2.29. The van der Waals surface area contributed by atoms with Gasteiger partial charge in [-0.05, 0) is 37.5 Å². The summed E-state index contributed by atoms with van der Waals surface area (Å²) in [7, 11) is 0. The highest BCUT2D eigenvalue weighted by Crippen LogP contribution is 2.22. The largest absolute Gasteiger partial charge is 0.353 e. The van der Waals surface area contributed by atoms with Crippen molar-refractivity contribution in [2.75, 3.05) is 5.75 Å². The van der Waals surface area contributed by atoms with Crippen LogP contribution in [0.15, 0.2) is 41.8 Å². The van der Waals surface area contributed by atoms with Crippen LogP contribution in [0.2, 0.25) is 0 Å². The summed E-state index contributed by atoms with van der Waals surface area (Å²) in [6.45, 7) is 2.07. The quantitative estimate of drug-likeness (QED) is 0.861. The normalized spacial score (nSPS) is 15.1. The van der Waals surface area contributed by atoms with Crippen LogP contribution in [-0.2, 0) is 4.79 Å². The van der Waals surface area contributed by atoms with Crippen LogP contribution >= 0.6 is 11.8 Å². The predicted molar refractivity (Wildman–Crippen MR) is 89.4 cm³/mol. The molecule has 1 saturated carbocycles. The topological polar surface area (TPSA) is 46.9 Å². The van der Waals surface area contributed by atoms with E-state index in [1.54, 1.807) is 6.20 Å². The van der Waals surface area contributed by atoms with Crippen molar-refractivity contribution < 1.29 is 4.79 Å². The van der Waals surface area contributed by atoms with Crippen molar-refractivity contribution in [2.45, 2.75) is 43.8 Å². The molecule has 1 aromatic heterocycles. The van der Waals surface area contributed by atoms with Crippen LogP contribution in [0, 0.1) is 6.92 Å². The van der Waals surface area contributed by atoms with Crippen molar-refractivity contribution in [3.05, 3.63) is 42.2 Å². The molecular formula is C17H21N3OS. The highest BCUT2D eigenvalue weighted by Gasteiger charge is 2.17. The van der Waals surface area contributed by atoms with Crippen molar-refractivity contribution in [3.63, 3.8) is 0 Å². The van der Waals surface area contributed by atoms with E-state index in [0.29, 0.717) is 11.8 Å². The number of aryl methyl sites for hydroxylation is 1. The van der Waals surface area contributed by atoms with Gasteiger partial charge in [-0.25, -0.2) is 4.98 Å². The molecule has 0 saturated heterocycles. The van der Waals surface area contributed by atoms with Crippen LogP contribution in [0.4, 0.5) is 0 Å². The van der Waals surface area contributed by atoms with Crippen molar-refractivity contribution in [1.29, 1.82) is 0 Å². The monoisotopic (exact) mass is 315 g/mol. The lowest BCUT2D eigenvalue weighted by Gasteiger charge is -2.12. The first-order chi connectivity index (χ1) is 10.7. The zero-order valence-corrected chi connectivity index (χ0v) is 13.6. The fourth-order valence-corrected chi connectivity index (χ4v) is 3.62. The van der Waals surface area contributed by atoms with Gasteiger partial charge in [0.25, 0.3) is 0 Å². The third-order valence-electron chi connectivity index (χ3n) is 3.94. The van der Waals surface area contributed by atoms with Gasteiger partial charge in [0.05, 0.1) is 5.75 Å². The Kier molecular flexibility index (Phi) is 4.83. The van der Waals surface area contributed by atoms with E-state index in [-0.39, 0.29) is 5.91 Å². The molecule has 5 heteroatoms. The van der Waals surface area contributed by atoms with Crippen LogP contribution in [0.25, 0.3) is 5.69 Å². The summed E-state index contributed by atoms with van der Waals surface area (Å²) in [5.74, 6) is 0.523. The number of imidazole rings is 1. The summed E-state index contributed by atoms with van der Waals surface area (Å²) >= 11 is 1.49. The Morgan fingerprint density at radius 2 is 2.23 bits per heavy atom. The second-order valence-electron chi connectivity index (χ2n) is 5.76. The molecule has 1 heterocycles. The fraction of sp³-hybridized carbons (Fsp3) is 0.412. The minimum atomic E-state index is 0.107. The lowest BCUT2D eigenvalue weighted by atomic mass is 10.2. The zero-order valence-electron chi connectivity index (χ0n) is 12.8. The minimum Gasteiger partial charge on any atom is -0.353 e. The molecule has 3 rings (SSSR count). The van der Waals surface area contributed by atoms with E-state index >= 15 is 0 Å². The van der Waals surface area contributed by atoms with Gasteiger partial charge in [-0.3, -0.25) is 9.36 Å². The molecule has 0 bridgehead atoms. The Morgan fingerprint density at radius 3 is 3.00 bits per heavy atom. The Bertz CT molecular complexity index is 647. The van der Waals surface area contributed by atoms with E-state index in [1.165, 1.54) is 30.2 Å². The fourth-order valence-electron chi connectivity index (χ4n) is 2.84. The van der Waals surface area contributed by atoms with Crippen LogP contribution in [0.1, 0.15) is 31.2 Å². The van der Waals surface area contributed by atoms with Crippen LogP contribution in [0.5, 0.6) is 0 Å². The van der Waals surface area contributed by atoms with E-state index < -0.39 is 0 Å². The molecule has 0 radical (unpaired) electrons. The van der Waals surface area contributed by atoms with E-state index in [9.17, 15) is 4.79 Å². The number of thioether (sulfide) groups is 1. The van der Waals surface area contributed by atoms with Crippen molar-refractivity contribution in [3.8, 4) is 5.69 Å². The molecule has 1 fully saturated rings. The molecule has 22 heavy (non-hydrogen) atoms. The van der Waals surface area contributed by atoms with Gasteiger partial charge in [-0.1, -0.05) is 36.7 Å². The Hall–Kier alpha value is -1.75. The molecule has 116 valence electrons. The molecule has 1 aliphatic rings. The van der Waals surface area contributed by atoms with Gasteiger partial charge >= 0.3 is 0 Å². The maximum Gasteiger partial charge on any atom is 0.230 e.